The molecule has 0 aromatic heterocycles. The van der Waals surface area contributed by atoms with Crippen LogP contribution in [-0.4, -0.2) is 27.4 Å². The van der Waals surface area contributed by atoms with E-state index in [0.29, 0.717) is 25.1 Å². The zero-order chi connectivity index (χ0) is 21.5. The lowest BCUT2D eigenvalue weighted by Crippen LogP contribution is -2.33. The Morgan fingerprint density at radius 1 is 0.935 bits per heavy atom. The van der Waals surface area contributed by atoms with E-state index in [1.807, 2.05) is 42.5 Å². The summed E-state index contributed by atoms with van der Waals surface area (Å²) < 4.78 is 28.0. The molecule has 0 unspecified atom stereocenters. The number of para-hydroxylation sites is 1. The monoisotopic (exact) mass is 432 g/mol. The second kappa shape index (κ2) is 7.54. The molecule has 0 saturated heterocycles. The number of carbonyl (C=O) groups is 1. The zero-order valence-corrected chi connectivity index (χ0v) is 17.9. The van der Waals surface area contributed by atoms with Crippen molar-refractivity contribution in [2.45, 2.75) is 29.6 Å². The van der Waals surface area contributed by atoms with Crippen LogP contribution in [-0.2, 0) is 21.9 Å². The summed E-state index contributed by atoms with van der Waals surface area (Å²) in [6.07, 6.45) is 2.78. The van der Waals surface area contributed by atoms with Gasteiger partial charge in [-0.15, -0.1) is 0 Å². The minimum absolute atomic E-state index is 0.000131. The summed E-state index contributed by atoms with van der Waals surface area (Å²) in [5, 5.41) is 3.02. The first-order valence-corrected chi connectivity index (χ1v) is 12.0. The van der Waals surface area contributed by atoms with Crippen LogP contribution in [0.3, 0.4) is 0 Å². The molecule has 158 valence electrons. The molecule has 0 spiro atoms. The lowest BCUT2D eigenvalue weighted by Gasteiger charge is -2.20. The van der Waals surface area contributed by atoms with Crippen LogP contribution in [0.4, 0.5) is 5.69 Å². The summed E-state index contributed by atoms with van der Waals surface area (Å²) in [5.41, 5.74) is 3.34. The molecule has 6 heteroatoms. The van der Waals surface area contributed by atoms with Crippen LogP contribution in [0.1, 0.15) is 34.3 Å². The molecular formula is C25H24N2O3S. The highest BCUT2D eigenvalue weighted by Gasteiger charge is 2.44. The maximum atomic E-state index is 13.3. The highest BCUT2D eigenvalue weighted by atomic mass is 32.2. The van der Waals surface area contributed by atoms with Crippen molar-refractivity contribution in [2.24, 2.45) is 0 Å². The first-order chi connectivity index (χ1) is 15.0. The van der Waals surface area contributed by atoms with E-state index in [2.05, 4.69) is 17.4 Å². The van der Waals surface area contributed by atoms with Gasteiger partial charge in [-0.3, -0.25) is 9.10 Å². The molecule has 1 fully saturated rings. The van der Waals surface area contributed by atoms with Gasteiger partial charge in [0.15, 0.2) is 0 Å². The third-order valence-corrected chi connectivity index (χ3v) is 8.17. The predicted molar refractivity (Wildman–Crippen MR) is 121 cm³/mol. The molecular weight excluding hydrogens is 408 g/mol. The standard InChI is InChI=1S/C25H24N2O3S/c28-24(26-18-25(14-15-25)21-9-2-1-3-10-21)20-8-6-11-22(17-20)31(29,30)27-16-13-19-7-4-5-12-23(19)27/h1-12,17H,13-16,18H2,(H,26,28). The van der Waals surface area contributed by atoms with Crippen LogP contribution < -0.4 is 9.62 Å². The van der Waals surface area contributed by atoms with Crippen molar-refractivity contribution in [1.29, 1.82) is 0 Å². The molecule has 31 heavy (non-hydrogen) atoms. The van der Waals surface area contributed by atoms with Gasteiger partial charge in [0.05, 0.1) is 10.6 Å². The molecule has 0 bridgehead atoms. The molecule has 3 aromatic rings. The Morgan fingerprint density at radius 3 is 2.45 bits per heavy atom. The summed E-state index contributed by atoms with van der Waals surface area (Å²) >= 11 is 0. The van der Waals surface area contributed by atoms with Crippen molar-refractivity contribution < 1.29 is 13.2 Å². The van der Waals surface area contributed by atoms with E-state index in [1.54, 1.807) is 18.2 Å². The molecule has 5 nitrogen and oxygen atoms in total. The molecule has 0 atom stereocenters. The van der Waals surface area contributed by atoms with E-state index in [4.69, 9.17) is 0 Å². The van der Waals surface area contributed by atoms with Gasteiger partial charge in [-0.25, -0.2) is 8.42 Å². The fourth-order valence-electron chi connectivity index (χ4n) is 4.34. The Labute approximate surface area is 182 Å². The smallest absolute Gasteiger partial charge is 0.264 e. The molecule has 2 aliphatic rings. The molecule has 1 aliphatic carbocycles. The number of benzene rings is 3. The summed E-state index contributed by atoms with van der Waals surface area (Å²) in [6.45, 7) is 0.962. The fourth-order valence-corrected chi connectivity index (χ4v) is 5.89. The number of hydrogen-bond acceptors (Lipinski definition) is 3. The Balaban J connectivity index is 1.34. The lowest BCUT2D eigenvalue weighted by molar-refractivity contribution is 0.0949. The molecule has 0 radical (unpaired) electrons. The lowest BCUT2D eigenvalue weighted by atomic mass is 9.96. The van der Waals surface area contributed by atoms with Gasteiger partial charge >= 0.3 is 0 Å². The van der Waals surface area contributed by atoms with Crippen molar-refractivity contribution in [3.8, 4) is 0 Å². The van der Waals surface area contributed by atoms with Gasteiger partial charge in [0.25, 0.3) is 15.9 Å². The molecule has 5 rings (SSSR count). The number of carbonyl (C=O) groups excluding carboxylic acids is 1. The first kappa shape index (κ1) is 19.8. The number of fused-ring (bicyclic) bond motifs is 1. The molecule has 1 amide bonds. The zero-order valence-electron chi connectivity index (χ0n) is 17.1. The number of rotatable bonds is 6. The van der Waals surface area contributed by atoms with Crippen LogP contribution in [0, 0.1) is 0 Å². The number of amides is 1. The van der Waals surface area contributed by atoms with Gasteiger partial charge in [0, 0.05) is 24.1 Å². The van der Waals surface area contributed by atoms with Gasteiger partial charge in [-0.05, 0) is 54.7 Å². The highest BCUT2D eigenvalue weighted by Crippen LogP contribution is 2.47. The summed E-state index contributed by atoms with van der Waals surface area (Å²) in [7, 11) is -3.73. The van der Waals surface area contributed by atoms with Crippen LogP contribution in [0.15, 0.2) is 83.8 Å². The van der Waals surface area contributed by atoms with Crippen molar-refractivity contribution in [1.82, 2.24) is 5.32 Å². The third-order valence-electron chi connectivity index (χ3n) is 6.36. The van der Waals surface area contributed by atoms with E-state index in [0.717, 1.165) is 24.1 Å². The second-order valence-corrected chi connectivity index (χ2v) is 10.2. The number of nitrogens with one attached hydrogen (secondary N) is 1. The molecule has 1 heterocycles. The van der Waals surface area contributed by atoms with Gasteiger partial charge in [0.2, 0.25) is 0 Å². The molecule has 1 aliphatic heterocycles. The van der Waals surface area contributed by atoms with Gasteiger partial charge < -0.3 is 5.32 Å². The van der Waals surface area contributed by atoms with Crippen molar-refractivity contribution >= 4 is 21.6 Å². The number of hydrogen-bond donors (Lipinski definition) is 1. The molecule has 3 aromatic carbocycles. The van der Waals surface area contributed by atoms with E-state index >= 15 is 0 Å². The Hall–Kier alpha value is -3.12. The highest BCUT2D eigenvalue weighted by molar-refractivity contribution is 7.92. The minimum atomic E-state index is -3.73. The van der Waals surface area contributed by atoms with E-state index < -0.39 is 10.0 Å². The fraction of sp³-hybridized carbons (Fsp3) is 0.240. The SMILES string of the molecule is O=C(NCC1(c2ccccc2)CC1)c1cccc(S(=O)(=O)N2CCc3ccccc32)c1. The van der Waals surface area contributed by atoms with Crippen molar-refractivity contribution in [3.05, 3.63) is 95.6 Å². The average Bonchev–Trinajstić information content (AvgIpc) is 3.48. The second-order valence-electron chi connectivity index (χ2n) is 8.31. The number of sulfonamides is 1. The van der Waals surface area contributed by atoms with Crippen LogP contribution in [0.25, 0.3) is 0 Å². The maximum Gasteiger partial charge on any atom is 0.264 e. The van der Waals surface area contributed by atoms with E-state index in [9.17, 15) is 13.2 Å². The van der Waals surface area contributed by atoms with E-state index in [1.165, 1.54) is 15.9 Å². The summed E-state index contributed by atoms with van der Waals surface area (Å²) in [6, 6.07) is 24.1. The van der Waals surface area contributed by atoms with Crippen molar-refractivity contribution in [3.63, 3.8) is 0 Å². The maximum absolute atomic E-state index is 13.3. The van der Waals surface area contributed by atoms with Crippen molar-refractivity contribution in [2.75, 3.05) is 17.4 Å². The van der Waals surface area contributed by atoms with Crippen LogP contribution >= 0.6 is 0 Å². The van der Waals surface area contributed by atoms with Gasteiger partial charge in [0.1, 0.15) is 0 Å². The third kappa shape index (κ3) is 3.61. The largest absolute Gasteiger partial charge is 0.351 e. The average molecular weight is 433 g/mol. The molecule has 1 saturated carbocycles. The summed E-state index contributed by atoms with van der Waals surface area (Å²) in [5.74, 6) is -0.249. The van der Waals surface area contributed by atoms with Crippen LogP contribution in [0.5, 0.6) is 0 Å². The number of anilines is 1. The predicted octanol–water partition coefficient (Wildman–Crippen LogP) is 3.90. The quantitative estimate of drug-likeness (QED) is 0.642. The van der Waals surface area contributed by atoms with Crippen LogP contribution in [0.2, 0.25) is 0 Å². The van der Waals surface area contributed by atoms with Gasteiger partial charge in [-0.2, -0.15) is 0 Å². The van der Waals surface area contributed by atoms with Gasteiger partial charge in [-0.1, -0.05) is 54.6 Å². The Morgan fingerprint density at radius 2 is 1.68 bits per heavy atom. The van der Waals surface area contributed by atoms with E-state index in [-0.39, 0.29) is 16.2 Å². The topological polar surface area (TPSA) is 66.5 Å². The molecule has 1 N–H and O–H groups in total. The normalized spacial score (nSPS) is 16.6. The summed E-state index contributed by atoms with van der Waals surface area (Å²) in [4.78, 5) is 13.0. The number of nitrogens with zero attached hydrogens (tertiary/aromatic N) is 1. The minimum Gasteiger partial charge on any atom is -0.351 e. The Kier molecular flexibility index (Phi) is 4.82. The first-order valence-electron chi connectivity index (χ1n) is 10.5. The Bertz CT molecular complexity index is 1230.